The molecule has 116 valence electrons. The summed E-state index contributed by atoms with van der Waals surface area (Å²) in [5.74, 6) is 2.43. The third-order valence-electron chi connectivity index (χ3n) is 4.24. The lowest BCUT2D eigenvalue weighted by atomic mass is 10.0. The van der Waals surface area contributed by atoms with E-state index in [2.05, 4.69) is 58.3 Å². The number of nitrogens with one attached hydrogen (secondary N) is 1. The molecule has 1 atom stereocenters. The molecule has 0 bridgehead atoms. The Labute approximate surface area is 132 Å². The smallest absolute Gasteiger partial charge is 0.229 e. The summed E-state index contributed by atoms with van der Waals surface area (Å²) in [5.41, 5.74) is 2.36. The summed E-state index contributed by atoms with van der Waals surface area (Å²) in [6.45, 7) is 6.64. The van der Waals surface area contributed by atoms with Crippen molar-refractivity contribution < 1.29 is 0 Å². The normalized spacial score (nSPS) is 18.3. The molecular weight excluding hydrogens is 272 g/mol. The number of nitrogens with zero attached hydrogens (tertiary/aromatic N) is 3. The lowest BCUT2D eigenvalue weighted by Crippen LogP contribution is -2.34. The van der Waals surface area contributed by atoms with Crippen molar-refractivity contribution in [2.24, 2.45) is 5.92 Å². The lowest BCUT2D eigenvalue weighted by Gasteiger charge is -2.31. The molecule has 4 heteroatoms. The molecule has 0 radical (unpaired) electrons. The molecule has 1 aliphatic rings. The zero-order valence-corrected chi connectivity index (χ0v) is 13.4. The minimum atomic E-state index is 0.667. The van der Waals surface area contributed by atoms with Crippen molar-refractivity contribution in [3.63, 3.8) is 0 Å². The molecule has 1 aromatic heterocycles. The fourth-order valence-corrected chi connectivity index (χ4v) is 2.94. The van der Waals surface area contributed by atoms with Crippen molar-refractivity contribution in [3.8, 4) is 0 Å². The van der Waals surface area contributed by atoms with E-state index in [-0.39, 0.29) is 0 Å². The molecular formula is C18H24N4. The Morgan fingerprint density at radius 3 is 2.77 bits per heavy atom. The topological polar surface area (TPSA) is 41.1 Å². The maximum absolute atomic E-state index is 4.67. The number of rotatable bonds is 4. The number of benzene rings is 1. The predicted octanol–water partition coefficient (Wildman–Crippen LogP) is 4.02. The minimum Gasteiger partial charge on any atom is -0.356 e. The summed E-state index contributed by atoms with van der Waals surface area (Å²) >= 11 is 0. The van der Waals surface area contributed by atoms with Gasteiger partial charge in [0.1, 0.15) is 5.82 Å². The van der Waals surface area contributed by atoms with E-state index in [9.17, 15) is 0 Å². The van der Waals surface area contributed by atoms with Gasteiger partial charge in [0.05, 0.1) is 0 Å². The first-order valence-corrected chi connectivity index (χ1v) is 8.18. The van der Waals surface area contributed by atoms with Crippen molar-refractivity contribution in [2.75, 3.05) is 23.3 Å². The van der Waals surface area contributed by atoms with Crippen molar-refractivity contribution in [3.05, 3.63) is 42.1 Å². The van der Waals surface area contributed by atoms with Crippen molar-refractivity contribution in [1.82, 2.24) is 9.97 Å². The molecule has 2 aromatic rings. The summed E-state index contributed by atoms with van der Waals surface area (Å²) in [5, 5.41) is 3.30. The predicted molar refractivity (Wildman–Crippen MR) is 91.7 cm³/mol. The number of hydrogen-bond acceptors (Lipinski definition) is 4. The Morgan fingerprint density at radius 2 is 2.05 bits per heavy atom. The molecule has 0 amide bonds. The monoisotopic (exact) mass is 296 g/mol. The molecule has 22 heavy (non-hydrogen) atoms. The molecule has 1 unspecified atom stereocenters. The van der Waals surface area contributed by atoms with Gasteiger partial charge in [-0.1, -0.05) is 26.0 Å². The van der Waals surface area contributed by atoms with E-state index in [0.717, 1.165) is 36.9 Å². The van der Waals surface area contributed by atoms with Gasteiger partial charge in [-0.25, -0.2) is 4.98 Å². The molecule has 1 N–H and O–H groups in total. The van der Waals surface area contributed by atoms with E-state index in [4.69, 9.17) is 0 Å². The van der Waals surface area contributed by atoms with Crippen LogP contribution < -0.4 is 10.2 Å². The fraction of sp³-hybridized carbons (Fsp3) is 0.444. The first kappa shape index (κ1) is 14.8. The van der Waals surface area contributed by atoms with Crippen LogP contribution in [0, 0.1) is 5.92 Å². The van der Waals surface area contributed by atoms with Gasteiger partial charge < -0.3 is 10.2 Å². The van der Waals surface area contributed by atoms with E-state index >= 15 is 0 Å². The Hall–Kier alpha value is -2.10. The Bertz CT molecular complexity index is 609. The third kappa shape index (κ3) is 3.56. The molecule has 3 rings (SSSR count). The van der Waals surface area contributed by atoms with Gasteiger partial charge in [0.2, 0.25) is 5.95 Å². The van der Waals surface area contributed by atoms with E-state index in [1.807, 2.05) is 12.3 Å². The standard InChI is InChI=1S/C18H24N4/c1-3-15-6-8-16(9-7-15)20-18-19-11-10-17(21-18)22-12-4-5-14(2)13-22/h6-11,14H,3-5,12-13H2,1-2H3,(H,19,20,21). The molecule has 1 aromatic carbocycles. The summed E-state index contributed by atoms with van der Waals surface area (Å²) in [6, 6.07) is 10.4. The molecule has 1 fully saturated rings. The lowest BCUT2D eigenvalue weighted by molar-refractivity contribution is 0.444. The number of piperidine rings is 1. The van der Waals surface area contributed by atoms with Gasteiger partial charge in [-0.2, -0.15) is 4.98 Å². The van der Waals surface area contributed by atoms with Crippen LogP contribution in [0.4, 0.5) is 17.5 Å². The highest BCUT2D eigenvalue weighted by Gasteiger charge is 2.17. The third-order valence-corrected chi connectivity index (χ3v) is 4.24. The minimum absolute atomic E-state index is 0.667. The number of anilines is 3. The summed E-state index contributed by atoms with van der Waals surface area (Å²) in [6.07, 6.45) is 5.45. The Kier molecular flexibility index (Phi) is 4.56. The first-order valence-electron chi connectivity index (χ1n) is 8.18. The Morgan fingerprint density at radius 1 is 1.23 bits per heavy atom. The molecule has 2 heterocycles. The SMILES string of the molecule is CCc1ccc(Nc2nccc(N3CCCC(C)C3)n2)cc1. The van der Waals surface area contributed by atoms with Gasteiger partial charge in [0, 0.05) is 25.0 Å². The van der Waals surface area contributed by atoms with Crippen LogP contribution in [0.25, 0.3) is 0 Å². The number of aryl methyl sites for hydroxylation is 1. The summed E-state index contributed by atoms with van der Waals surface area (Å²) < 4.78 is 0. The van der Waals surface area contributed by atoms with Crippen LogP contribution in [0.2, 0.25) is 0 Å². The second-order valence-electron chi connectivity index (χ2n) is 6.11. The summed E-state index contributed by atoms with van der Waals surface area (Å²) in [4.78, 5) is 11.4. The Balaban J connectivity index is 1.72. The van der Waals surface area contributed by atoms with Crippen LogP contribution in [-0.2, 0) is 6.42 Å². The maximum Gasteiger partial charge on any atom is 0.229 e. The van der Waals surface area contributed by atoms with Gasteiger partial charge in [0.25, 0.3) is 0 Å². The van der Waals surface area contributed by atoms with Crippen molar-refractivity contribution in [2.45, 2.75) is 33.1 Å². The fourth-order valence-electron chi connectivity index (χ4n) is 2.94. The van der Waals surface area contributed by atoms with Crippen molar-refractivity contribution >= 4 is 17.5 Å². The van der Waals surface area contributed by atoms with Crippen LogP contribution in [0.1, 0.15) is 32.3 Å². The second-order valence-corrected chi connectivity index (χ2v) is 6.11. The van der Waals surface area contributed by atoms with Crippen molar-refractivity contribution in [1.29, 1.82) is 0 Å². The highest BCUT2D eigenvalue weighted by atomic mass is 15.2. The quantitative estimate of drug-likeness (QED) is 0.925. The van der Waals surface area contributed by atoms with E-state index in [1.54, 1.807) is 0 Å². The number of hydrogen-bond donors (Lipinski definition) is 1. The molecule has 0 aliphatic carbocycles. The largest absolute Gasteiger partial charge is 0.356 e. The van der Waals surface area contributed by atoms with Gasteiger partial charge in [-0.05, 0) is 48.9 Å². The van der Waals surface area contributed by atoms with Gasteiger partial charge in [0.15, 0.2) is 0 Å². The molecule has 0 saturated carbocycles. The zero-order valence-electron chi connectivity index (χ0n) is 13.4. The van der Waals surface area contributed by atoms with Crippen LogP contribution >= 0.6 is 0 Å². The first-order chi connectivity index (χ1) is 10.7. The van der Waals surface area contributed by atoms with E-state index in [1.165, 1.54) is 18.4 Å². The maximum atomic E-state index is 4.67. The molecule has 0 spiro atoms. The average Bonchev–Trinajstić information content (AvgIpc) is 2.56. The van der Waals surface area contributed by atoms with Gasteiger partial charge in [-0.15, -0.1) is 0 Å². The molecule has 1 aliphatic heterocycles. The van der Waals surface area contributed by atoms with E-state index in [0.29, 0.717) is 5.95 Å². The average molecular weight is 296 g/mol. The van der Waals surface area contributed by atoms with Gasteiger partial charge in [-0.3, -0.25) is 0 Å². The van der Waals surface area contributed by atoms with Crippen LogP contribution in [0.5, 0.6) is 0 Å². The highest BCUT2D eigenvalue weighted by molar-refractivity contribution is 5.55. The van der Waals surface area contributed by atoms with E-state index < -0.39 is 0 Å². The van der Waals surface area contributed by atoms with Crippen LogP contribution in [0.15, 0.2) is 36.5 Å². The summed E-state index contributed by atoms with van der Waals surface area (Å²) in [7, 11) is 0. The van der Waals surface area contributed by atoms with Gasteiger partial charge >= 0.3 is 0 Å². The highest BCUT2D eigenvalue weighted by Crippen LogP contribution is 2.22. The molecule has 1 saturated heterocycles. The van der Waals surface area contributed by atoms with Crippen LogP contribution in [-0.4, -0.2) is 23.1 Å². The molecule has 4 nitrogen and oxygen atoms in total. The zero-order chi connectivity index (χ0) is 15.4. The van der Waals surface area contributed by atoms with Crippen LogP contribution in [0.3, 0.4) is 0 Å². The number of aromatic nitrogens is 2. The second kappa shape index (κ2) is 6.77.